The van der Waals surface area contributed by atoms with Gasteiger partial charge in [-0.2, -0.15) is 0 Å². The minimum atomic E-state index is -0.785. The van der Waals surface area contributed by atoms with Crippen LogP contribution in [0.5, 0.6) is 0 Å². The first-order valence-corrected chi connectivity index (χ1v) is 7.37. The van der Waals surface area contributed by atoms with Gasteiger partial charge in [0.25, 0.3) is 0 Å². The lowest BCUT2D eigenvalue weighted by molar-refractivity contribution is -0.135. The zero-order chi connectivity index (χ0) is 14.0. The molecule has 0 aromatic carbocycles. The predicted octanol–water partition coefficient (Wildman–Crippen LogP) is 3.25. The Bertz CT molecular complexity index is 467. The van der Waals surface area contributed by atoms with Crippen molar-refractivity contribution < 1.29 is 14.6 Å². The van der Waals surface area contributed by atoms with Gasteiger partial charge in [0.1, 0.15) is 0 Å². The third-order valence-corrected chi connectivity index (χ3v) is 6.69. The monoisotopic (exact) mass is 264 g/mol. The number of hydrogen-bond donors (Lipinski definition) is 1. The molecule has 0 radical (unpaired) electrons. The molecule has 0 unspecified atom stereocenters. The summed E-state index contributed by atoms with van der Waals surface area (Å²) >= 11 is 0. The summed E-state index contributed by atoms with van der Waals surface area (Å²) in [5.74, 6) is 0.571. The smallest absolute Gasteiger partial charge is 0.334 e. The second-order valence-corrected chi connectivity index (χ2v) is 7.01. The molecule has 0 heterocycles. The van der Waals surface area contributed by atoms with Gasteiger partial charge in [0.15, 0.2) is 0 Å². The largest absolute Gasteiger partial charge is 0.478 e. The predicted molar refractivity (Wildman–Crippen MR) is 72.8 cm³/mol. The van der Waals surface area contributed by atoms with E-state index in [-0.39, 0.29) is 16.9 Å². The average molecular weight is 264 g/mol. The number of rotatable bonds is 2. The summed E-state index contributed by atoms with van der Waals surface area (Å²) < 4.78 is 5.67. The second-order valence-electron chi connectivity index (χ2n) is 7.01. The lowest BCUT2D eigenvalue weighted by Gasteiger charge is -2.43. The van der Waals surface area contributed by atoms with Gasteiger partial charge in [-0.05, 0) is 44.4 Å². The van der Waals surface area contributed by atoms with Crippen molar-refractivity contribution in [3.63, 3.8) is 0 Å². The summed E-state index contributed by atoms with van der Waals surface area (Å²) in [5.41, 5.74) is 1.72. The van der Waals surface area contributed by atoms with E-state index in [1.807, 2.05) is 0 Å². The second kappa shape index (κ2) is 3.85. The molecule has 3 nitrogen and oxygen atoms in total. The molecule has 3 heteroatoms. The Hall–Kier alpha value is -0.830. The van der Waals surface area contributed by atoms with Crippen LogP contribution in [0.2, 0.25) is 0 Å². The van der Waals surface area contributed by atoms with Gasteiger partial charge < -0.3 is 9.84 Å². The molecule has 2 saturated carbocycles. The molecule has 1 N–H and O–H groups in total. The molecule has 0 aromatic rings. The zero-order valence-corrected chi connectivity index (χ0v) is 12.3. The van der Waals surface area contributed by atoms with Crippen LogP contribution in [-0.2, 0) is 9.53 Å². The number of methoxy groups -OCH3 is 1. The van der Waals surface area contributed by atoms with Gasteiger partial charge in [-0.3, -0.25) is 0 Å². The fourth-order valence-corrected chi connectivity index (χ4v) is 5.91. The summed E-state index contributed by atoms with van der Waals surface area (Å²) in [6.45, 7) is 6.65. The van der Waals surface area contributed by atoms with Crippen molar-refractivity contribution in [2.45, 2.75) is 52.6 Å². The minimum Gasteiger partial charge on any atom is -0.478 e. The Kier molecular flexibility index (Phi) is 2.66. The molecule has 1 spiro atoms. The lowest BCUT2D eigenvalue weighted by Crippen LogP contribution is -2.42. The Morgan fingerprint density at radius 3 is 2.63 bits per heavy atom. The van der Waals surface area contributed by atoms with E-state index >= 15 is 0 Å². The van der Waals surface area contributed by atoms with E-state index in [9.17, 15) is 9.90 Å². The maximum absolute atomic E-state index is 11.7. The standard InChI is InChI=1S/C16H24O3/c1-9-5-8-16-10(2)12(14(17)18)13(19-4)15(16,3)7-6-11(9)16/h9,11,13H,5-8H2,1-4H3,(H,17,18)/t9-,11+,13-,15+,16+/m1/s1. The zero-order valence-electron chi connectivity index (χ0n) is 12.3. The number of carboxylic acids is 1. The molecular formula is C16H24O3. The van der Waals surface area contributed by atoms with Crippen molar-refractivity contribution in [3.8, 4) is 0 Å². The molecule has 0 amide bonds. The lowest BCUT2D eigenvalue weighted by atomic mass is 9.62. The molecule has 3 aliphatic carbocycles. The van der Waals surface area contributed by atoms with Gasteiger partial charge in [0.2, 0.25) is 0 Å². The van der Waals surface area contributed by atoms with E-state index in [2.05, 4.69) is 20.8 Å². The van der Waals surface area contributed by atoms with Crippen LogP contribution in [0.3, 0.4) is 0 Å². The number of carbonyl (C=O) groups is 1. The van der Waals surface area contributed by atoms with Crippen molar-refractivity contribution in [2.24, 2.45) is 22.7 Å². The van der Waals surface area contributed by atoms with E-state index in [0.29, 0.717) is 17.4 Å². The fraction of sp³-hybridized carbons (Fsp3) is 0.812. The fourth-order valence-electron chi connectivity index (χ4n) is 5.91. The molecule has 5 atom stereocenters. The van der Waals surface area contributed by atoms with Gasteiger partial charge in [-0.25, -0.2) is 4.79 Å². The third-order valence-electron chi connectivity index (χ3n) is 6.69. The maximum Gasteiger partial charge on any atom is 0.334 e. The van der Waals surface area contributed by atoms with Crippen molar-refractivity contribution >= 4 is 5.97 Å². The molecular weight excluding hydrogens is 240 g/mol. The van der Waals surface area contributed by atoms with Crippen LogP contribution in [-0.4, -0.2) is 24.3 Å². The Labute approximate surface area is 115 Å². The summed E-state index contributed by atoms with van der Waals surface area (Å²) in [5, 5.41) is 9.60. The van der Waals surface area contributed by atoms with Gasteiger partial charge >= 0.3 is 5.97 Å². The van der Waals surface area contributed by atoms with Crippen LogP contribution in [0.1, 0.15) is 46.5 Å². The summed E-state index contributed by atoms with van der Waals surface area (Å²) in [7, 11) is 1.66. The van der Waals surface area contributed by atoms with Crippen LogP contribution in [0.4, 0.5) is 0 Å². The Balaban J connectivity index is 2.20. The topological polar surface area (TPSA) is 46.5 Å². The Morgan fingerprint density at radius 2 is 2.05 bits per heavy atom. The van der Waals surface area contributed by atoms with Gasteiger partial charge in [0.05, 0.1) is 11.7 Å². The van der Waals surface area contributed by atoms with E-state index in [1.165, 1.54) is 12.8 Å². The first-order chi connectivity index (χ1) is 8.90. The first-order valence-electron chi connectivity index (χ1n) is 7.37. The maximum atomic E-state index is 11.7. The number of hydrogen-bond acceptors (Lipinski definition) is 2. The molecule has 106 valence electrons. The van der Waals surface area contributed by atoms with Gasteiger partial charge in [-0.15, -0.1) is 0 Å². The average Bonchev–Trinajstić information content (AvgIpc) is 2.89. The highest BCUT2D eigenvalue weighted by Gasteiger charge is 2.69. The summed E-state index contributed by atoms with van der Waals surface area (Å²) in [6.07, 6.45) is 4.44. The van der Waals surface area contributed by atoms with Crippen molar-refractivity contribution in [1.82, 2.24) is 0 Å². The third kappa shape index (κ3) is 1.25. The Morgan fingerprint density at radius 1 is 1.37 bits per heavy atom. The van der Waals surface area contributed by atoms with E-state index in [4.69, 9.17) is 4.74 Å². The van der Waals surface area contributed by atoms with Gasteiger partial charge in [-0.1, -0.05) is 19.4 Å². The SMILES string of the molecule is CO[C@@H]1C(C(=O)O)=C(C)[C@@]23CC[C@@H](C)[C@@H]2CC[C@@]13C. The summed E-state index contributed by atoms with van der Waals surface area (Å²) in [4.78, 5) is 11.7. The van der Waals surface area contributed by atoms with Crippen molar-refractivity contribution in [3.05, 3.63) is 11.1 Å². The molecule has 19 heavy (non-hydrogen) atoms. The van der Waals surface area contributed by atoms with Crippen molar-refractivity contribution in [2.75, 3.05) is 7.11 Å². The normalized spacial score (nSPS) is 48.5. The molecule has 3 aliphatic rings. The highest BCUT2D eigenvalue weighted by molar-refractivity contribution is 5.90. The molecule has 0 saturated heterocycles. The highest BCUT2D eigenvalue weighted by atomic mass is 16.5. The van der Waals surface area contributed by atoms with Crippen LogP contribution in [0.25, 0.3) is 0 Å². The number of allylic oxidation sites excluding steroid dienone is 1. The molecule has 0 bridgehead atoms. The minimum absolute atomic E-state index is 0.0189. The van der Waals surface area contributed by atoms with Gasteiger partial charge in [0, 0.05) is 17.9 Å². The molecule has 0 aromatic heterocycles. The van der Waals surface area contributed by atoms with Crippen LogP contribution in [0, 0.1) is 22.7 Å². The quantitative estimate of drug-likeness (QED) is 0.832. The number of aliphatic carboxylic acids is 1. The van der Waals surface area contributed by atoms with Crippen LogP contribution >= 0.6 is 0 Å². The van der Waals surface area contributed by atoms with E-state index < -0.39 is 5.97 Å². The molecule has 0 aliphatic heterocycles. The van der Waals surface area contributed by atoms with Crippen molar-refractivity contribution in [1.29, 1.82) is 0 Å². The highest BCUT2D eigenvalue weighted by Crippen LogP contribution is 2.74. The van der Waals surface area contributed by atoms with Crippen LogP contribution in [0.15, 0.2) is 11.1 Å². The number of carboxylic acid groups (broad SMARTS) is 1. The van der Waals surface area contributed by atoms with E-state index in [0.717, 1.165) is 18.4 Å². The van der Waals surface area contributed by atoms with E-state index in [1.54, 1.807) is 7.11 Å². The number of ether oxygens (including phenoxy) is 1. The molecule has 3 rings (SSSR count). The first kappa shape index (κ1) is 13.2. The summed E-state index contributed by atoms with van der Waals surface area (Å²) in [6, 6.07) is 0. The molecule has 2 fully saturated rings. The van der Waals surface area contributed by atoms with Crippen LogP contribution < -0.4 is 0 Å².